The average Bonchev–Trinajstić information content (AvgIpc) is 2.20. The molecule has 3 fully saturated rings. The molecular weight excluding hydrogens is 114 g/mol. The molecule has 52 valence electrons. The first kappa shape index (κ1) is 5.69. The zero-order valence-electron chi connectivity index (χ0n) is 5.58. The molecule has 2 heterocycles. The van der Waals surface area contributed by atoms with Crippen LogP contribution in [0, 0.1) is 5.92 Å². The molecule has 0 spiro atoms. The molecule has 0 aromatic rings. The molecule has 1 aliphatic carbocycles. The Morgan fingerprint density at radius 3 is 2.67 bits per heavy atom. The molecule has 2 bridgehead atoms. The van der Waals surface area contributed by atoms with E-state index in [1.807, 2.05) is 0 Å². The van der Waals surface area contributed by atoms with Crippen molar-refractivity contribution in [1.82, 2.24) is 4.90 Å². The minimum Gasteiger partial charge on any atom is -0.395 e. The fraction of sp³-hybridized carbons (Fsp3) is 1.00. The van der Waals surface area contributed by atoms with E-state index >= 15 is 0 Å². The van der Waals surface area contributed by atoms with E-state index in [9.17, 15) is 0 Å². The lowest BCUT2D eigenvalue weighted by molar-refractivity contribution is 0.188. The quantitative estimate of drug-likeness (QED) is 0.567. The summed E-state index contributed by atoms with van der Waals surface area (Å²) in [6.07, 6.45) is 2.81. The van der Waals surface area contributed by atoms with E-state index in [-0.39, 0.29) is 0 Å². The lowest BCUT2D eigenvalue weighted by Gasteiger charge is -2.25. The van der Waals surface area contributed by atoms with Crippen LogP contribution < -0.4 is 0 Å². The van der Waals surface area contributed by atoms with Gasteiger partial charge in [0.1, 0.15) is 0 Å². The van der Waals surface area contributed by atoms with Crippen molar-refractivity contribution in [3.05, 3.63) is 0 Å². The predicted octanol–water partition coefficient (Wildman–Crippen LogP) is 0.0729. The van der Waals surface area contributed by atoms with Crippen molar-refractivity contribution < 1.29 is 5.11 Å². The summed E-state index contributed by atoms with van der Waals surface area (Å²) < 4.78 is 0. The Bertz CT molecular complexity index is 109. The molecule has 1 N–H and O–H groups in total. The van der Waals surface area contributed by atoms with Gasteiger partial charge in [-0.05, 0) is 18.8 Å². The first-order valence-corrected chi connectivity index (χ1v) is 3.75. The van der Waals surface area contributed by atoms with E-state index in [1.165, 1.54) is 19.4 Å². The molecule has 2 nitrogen and oxygen atoms in total. The summed E-state index contributed by atoms with van der Waals surface area (Å²) in [5.74, 6) is 0.988. The van der Waals surface area contributed by atoms with Crippen molar-refractivity contribution in [2.24, 2.45) is 5.92 Å². The topological polar surface area (TPSA) is 23.5 Å². The van der Waals surface area contributed by atoms with Gasteiger partial charge in [0.05, 0.1) is 6.61 Å². The Morgan fingerprint density at radius 2 is 2.22 bits per heavy atom. The highest BCUT2D eigenvalue weighted by Crippen LogP contribution is 2.39. The zero-order valence-corrected chi connectivity index (χ0v) is 5.58. The normalized spacial score (nSPS) is 41.0. The van der Waals surface area contributed by atoms with E-state index in [2.05, 4.69) is 4.90 Å². The van der Waals surface area contributed by atoms with Gasteiger partial charge < -0.3 is 5.11 Å². The van der Waals surface area contributed by atoms with Gasteiger partial charge >= 0.3 is 0 Å². The van der Waals surface area contributed by atoms with Gasteiger partial charge in [-0.25, -0.2) is 0 Å². The van der Waals surface area contributed by atoms with Crippen molar-refractivity contribution in [3.63, 3.8) is 0 Å². The van der Waals surface area contributed by atoms with Crippen molar-refractivity contribution in [2.75, 3.05) is 19.7 Å². The molecule has 2 aliphatic heterocycles. The van der Waals surface area contributed by atoms with Crippen LogP contribution in [0.2, 0.25) is 0 Å². The fourth-order valence-electron chi connectivity index (χ4n) is 2.03. The number of fused-ring (bicyclic) bond motifs is 1. The summed E-state index contributed by atoms with van der Waals surface area (Å²) in [5, 5.41) is 8.62. The van der Waals surface area contributed by atoms with Crippen molar-refractivity contribution >= 4 is 0 Å². The smallest absolute Gasteiger partial charge is 0.0558 e. The van der Waals surface area contributed by atoms with Crippen LogP contribution in [0.25, 0.3) is 0 Å². The van der Waals surface area contributed by atoms with Crippen molar-refractivity contribution in [3.8, 4) is 0 Å². The van der Waals surface area contributed by atoms with Crippen LogP contribution in [0.5, 0.6) is 0 Å². The molecule has 0 unspecified atom stereocenters. The number of hydrogen-bond donors (Lipinski definition) is 1. The van der Waals surface area contributed by atoms with Gasteiger partial charge in [-0.2, -0.15) is 0 Å². The Labute approximate surface area is 55.5 Å². The molecule has 0 amide bonds. The van der Waals surface area contributed by atoms with Gasteiger partial charge in [-0.1, -0.05) is 0 Å². The van der Waals surface area contributed by atoms with Crippen LogP contribution in [-0.4, -0.2) is 35.7 Å². The monoisotopic (exact) mass is 127 g/mol. The van der Waals surface area contributed by atoms with Crippen LogP contribution in [0.4, 0.5) is 0 Å². The standard InChI is InChI=1S/C7H13NO/c9-2-1-8-5-6-3-7(8)4-6/h6-7,9H,1-5H2. The van der Waals surface area contributed by atoms with E-state index < -0.39 is 0 Å². The second-order valence-corrected chi connectivity index (χ2v) is 3.21. The molecule has 0 aromatic carbocycles. The number of rotatable bonds is 2. The Kier molecular flexibility index (Phi) is 1.24. The van der Waals surface area contributed by atoms with Gasteiger partial charge in [0.2, 0.25) is 0 Å². The van der Waals surface area contributed by atoms with Gasteiger partial charge in [-0.3, -0.25) is 4.90 Å². The highest BCUT2D eigenvalue weighted by Gasteiger charge is 2.41. The molecule has 0 aromatic heterocycles. The van der Waals surface area contributed by atoms with Gasteiger partial charge in [0.15, 0.2) is 0 Å². The third-order valence-electron chi connectivity index (χ3n) is 2.61. The van der Waals surface area contributed by atoms with Gasteiger partial charge in [-0.15, -0.1) is 0 Å². The predicted molar refractivity (Wildman–Crippen MR) is 35.2 cm³/mol. The molecule has 0 radical (unpaired) electrons. The maximum Gasteiger partial charge on any atom is 0.0558 e. The van der Waals surface area contributed by atoms with E-state index in [1.54, 1.807) is 0 Å². The summed E-state index contributed by atoms with van der Waals surface area (Å²) in [6, 6.07) is 0.849. The van der Waals surface area contributed by atoms with E-state index in [0.29, 0.717) is 6.61 Å². The van der Waals surface area contributed by atoms with Crippen LogP contribution in [0.1, 0.15) is 12.8 Å². The molecule has 3 rings (SSSR count). The number of aliphatic hydroxyl groups excluding tert-OH is 1. The highest BCUT2D eigenvalue weighted by atomic mass is 16.3. The molecule has 3 aliphatic rings. The van der Waals surface area contributed by atoms with Gasteiger partial charge in [0, 0.05) is 19.1 Å². The highest BCUT2D eigenvalue weighted by molar-refractivity contribution is 4.96. The molecule has 9 heavy (non-hydrogen) atoms. The minimum absolute atomic E-state index is 0.337. The summed E-state index contributed by atoms with van der Waals surface area (Å²) in [6.45, 7) is 2.50. The second kappa shape index (κ2) is 1.96. The SMILES string of the molecule is OCCN1CC2CC1C2. The van der Waals surface area contributed by atoms with Crippen LogP contribution in [0.3, 0.4) is 0 Å². The maximum atomic E-state index is 8.62. The maximum absolute atomic E-state index is 8.62. The average molecular weight is 127 g/mol. The summed E-state index contributed by atoms with van der Waals surface area (Å²) >= 11 is 0. The number of nitrogens with zero attached hydrogens (tertiary/aromatic N) is 1. The lowest BCUT2D eigenvalue weighted by atomic mass is 9.86. The third kappa shape index (κ3) is 0.775. The van der Waals surface area contributed by atoms with Crippen LogP contribution >= 0.6 is 0 Å². The minimum atomic E-state index is 0.337. The Morgan fingerprint density at radius 1 is 1.44 bits per heavy atom. The zero-order chi connectivity index (χ0) is 6.27. The summed E-state index contributed by atoms with van der Waals surface area (Å²) in [4.78, 5) is 2.41. The molecule has 2 saturated heterocycles. The Balaban J connectivity index is 1.86. The van der Waals surface area contributed by atoms with Crippen LogP contribution in [-0.2, 0) is 0 Å². The van der Waals surface area contributed by atoms with E-state index in [4.69, 9.17) is 5.11 Å². The number of aliphatic hydroxyl groups is 1. The largest absolute Gasteiger partial charge is 0.395 e. The molecule has 1 saturated carbocycles. The van der Waals surface area contributed by atoms with Crippen molar-refractivity contribution in [1.29, 1.82) is 0 Å². The lowest BCUT2D eigenvalue weighted by Crippen LogP contribution is -2.30. The fourth-order valence-corrected chi connectivity index (χ4v) is 2.03. The first-order valence-electron chi connectivity index (χ1n) is 3.75. The van der Waals surface area contributed by atoms with E-state index in [0.717, 1.165) is 18.5 Å². The first-order chi connectivity index (χ1) is 4.40. The Hall–Kier alpha value is -0.0800. The van der Waals surface area contributed by atoms with Crippen molar-refractivity contribution in [2.45, 2.75) is 18.9 Å². The second-order valence-electron chi connectivity index (χ2n) is 3.21. The number of hydrogen-bond acceptors (Lipinski definition) is 2. The third-order valence-corrected chi connectivity index (χ3v) is 2.61. The van der Waals surface area contributed by atoms with Gasteiger partial charge in [0.25, 0.3) is 0 Å². The molecular formula is C7H13NO. The molecule has 2 heteroatoms. The molecule has 0 atom stereocenters. The summed E-state index contributed by atoms with van der Waals surface area (Å²) in [5.41, 5.74) is 0. The van der Waals surface area contributed by atoms with Crippen LogP contribution in [0.15, 0.2) is 0 Å². The summed E-state index contributed by atoms with van der Waals surface area (Å²) in [7, 11) is 0.